The molecule has 2 amide bonds. The van der Waals surface area contributed by atoms with E-state index in [0.29, 0.717) is 38.4 Å². The third-order valence-electron chi connectivity index (χ3n) is 4.44. The second-order valence-corrected chi connectivity index (χ2v) is 8.29. The number of carbonyl (C=O) groups is 1. The molecule has 2 aromatic rings. The van der Waals surface area contributed by atoms with Crippen LogP contribution < -0.4 is 5.32 Å². The van der Waals surface area contributed by atoms with Crippen molar-refractivity contribution in [2.24, 2.45) is 0 Å². The molecule has 1 aromatic carbocycles. The van der Waals surface area contributed by atoms with Crippen LogP contribution in [0.4, 0.5) is 4.79 Å². The van der Waals surface area contributed by atoms with Crippen LogP contribution in [0.5, 0.6) is 0 Å². The van der Waals surface area contributed by atoms with Gasteiger partial charge in [-0.2, -0.15) is 0 Å². The van der Waals surface area contributed by atoms with Gasteiger partial charge in [-0.1, -0.05) is 30.3 Å². The zero-order chi connectivity index (χ0) is 18.6. The Morgan fingerprint density at radius 1 is 1.08 bits per heavy atom. The Kier molecular flexibility index (Phi) is 5.63. The molecule has 1 aliphatic heterocycles. The Morgan fingerprint density at radius 2 is 1.85 bits per heavy atom. The first-order valence-electron chi connectivity index (χ1n) is 8.54. The van der Waals surface area contributed by atoms with Crippen LogP contribution >= 0.6 is 0 Å². The third kappa shape index (κ3) is 4.44. The van der Waals surface area contributed by atoms with E-state index in [-0.39, 0.29) is 6.03 Å². The molecule has 2 heterocycles. The number of amides is 2. The topological polar surface area (TPSA) is 82.9 Å². The number of carbonyl (C=O) groups excluding carboxylic acids is 1. The maximum absolute atomic E-state index is 12.8. The monoisotopic (exact) mass is 377 g/mol. The molecule has 3 rings (SSSR count). The van der Waals surface area contributed by atoms with Crippen LogP contribution in [-0.2, 0) is 10.0 Å². The van der Waals surface area contributed by atoms with Crippen LogP contribution in [0.25, 0.3) is 0 Å². The summed E-state index contributed by atoms with van der Waals surface area (Å²) in [4.78, 5) is 14.4. The predicted octanol–water partition coefficient (Wildman–Crippen LogP) is 2.05. The van der Waals surface area contributed by atoms with Gasteiger partial charge in [-0.25, -0.2) is 17.5 Å². The second kappa shape index (κ2) is 7.92. The highest BCUT2D eigenvalue weighted by Gasteiger charge is 2.26. The number of sulfonamides is 1. The van der Waals surface area contributed by atoms with Crippen molar-refractivity contribution in [1.29, 1.82) is 0 Å². The van der Waals surface area contributed by atoms with Gasteiger partial charge in [-0.05, 0) is 24.1 Å². The van der Waals surface area contributed by atoms with Crippen molar-refractivity contribution in [3.63, 3.8) is 0 Å². The smallest absolute Gasteiger partial charge is 0.318 e. The standard InChI is InChI=1S/C18H23N3O4S/c1-26(23,24)21-11-6-10-20(12-13-21)18(22)19-17(16-9-5-14-25-16)15-7-3-2-4-8-15/h2-5,7-9,14,17H,6,10-13H2,1H3,(H,19,22)/t17-/m1/s1. The van der Waals surface area contributed by atoms with E-state index in [1.807, 2.05) is 36.4 Å². The lowest BCUT2D eigenvalue weighted by Crippen LogP contribution is -2.44. The van der Waals surface area contributed by atoms with Gasteiger partial charge in [0.15, 0.2) is 0 Å². The highest BCUT2D eigenvalue weighted by atomic mass is 32.2. The molecular formula is C18H23N3O4S. The van der Waals surface area contributed by atoms with Gasteiger partial charge in [0, 0.05) is 26.2 Å². The van der Waals surface area contributed by atoms with E-state index in [1.165, 1.54) is 10.6 Å². The molecule has 1 aliphatic rings. The van der Waals surface area contributed by atoms with Crippen LogP contribution in [-0.4, -0.2) is 56.1 Å². The van der Waals surface area contributed by atoms with Gasteiger partial charge in [-0.15, -0.1) is 0 Å². The largest absolute Gasteiger partial charge is 0.467 e. The Bertz CT molecular complexity index is 821. The minimum absolute atomic E-state index is 0.231. The minimum atomic E-state index is -3.24. The molecule has 26 heavy (non-hydrogen) atoms. The molecule has 0 bridgehead atoms. The number of benzene rings is 1. The van der Waals surface area contributed by atoms with Crippen molar-refractivity contribution in [1.82, 2.24) is 14.5 Å². The highest BCUT2D eigenvalue weighted by Crippen LogP contribution is 2.22. The van der Waals surface area contributed by atoms with Gasteiger partial charge in [0.25, 0.3) is 0 Å². The minimum Gasteiger partial charge on any atom is -0.467 e. The van der Waals surface area contributed by atoms with Crippen molar-refractivity contribution in [2.75, 3.05) is 32.4 Å². The number of rotatable bonds is 4. The summed E-state index contributed by atoms with van der Waals surface area (Å²) in [6.07, 6.45) is 3.38. The summed E-state index contributed by atoms with van der Waals surface area (Å²) in [7, 11) is -3.24. The molecule has 0 aliphatic carbocycles. The van der Waals surface area contributed by atoms with Crippen molar-refractivity contribution in [3.8, 4) is 0 Å². The Morgan fingerprint density at radius 3 is 2.50 bits per heavy atom. The summed E-state index contributed by atoms with van der Waals surface area (Å²) in [5.41, 5.74) is 0.920. The Labute approximate surface area is 153 Å². The number of urea groups is 1. The number of hydrogen-bond donors (Lipinski definition) is 1. The van der Waals surface area contributed by atoms with Crippen LogP contribution in [0.2, 0.25) is 0 Å². The van der Waals surface area contributed by atoms with Gasteiger partial charge in [0.2, 0.25) is 10.0 Å². The molecule has 1 saturated heterocycles. The molecular weight excluding hydrogens is 354 g/mol. The number of nitrogens with one attached hydrogen (secondary N) is 1. The summed E-state index contributed by atoms with van der Waals surface area (Å²) in [6, 6.07) is 12.6. The van der Waals surface area contributed by atoms with Crippen molar-refractivity contribution >= 4 is 16.1 Å². The van der Waals surface area contributed by atoms with Gasteiger partial charge in [-0.3, -0.25) is 0 Å². The zero-order valence-corrected chi connectivity index (χ0v) is 15.5. The van der Waals surface area contributed by atoms with Crippen molar-refractivity contribution < 1.29 is 17.6 Å². The number of furan rings is 1. The lowest BCUT2D eigenvalue weighted by Gasteiger charge is -2.25. The number of hydrogen-bond acceptors (Lipinski definition) is 4. The van der Waals surface area contributed by atoms with Crippen LogP contribution in [0, 0.1) is 0 Å². The van der Waals surface area contributed by atoms with Crippen LogP contribution in [0.15, 0.2) is 53.1 Å². The molecule has 1 atom stereocenters. The molecule has 1 aromatic heterocycles. The summed E-state index contributed by atoms with van der Waals surface area (Å²) >= 11 is 0. The first-order valence-corrected chi connectivity index (χ1v) is 10.4. The third-order valence-corrected chi connectivity index (χ3v) is 5.74. The van der Waals surface area contributed by atoms with Gasteiger partial charge < -0.3 is 14.6 Å². The quantitative estimate of drug-likeness (QED) is 0.884. The summed E-state index contributed by atoms with van der Waals surface area (Å²) in [6.45, 7) is 1.61. The van der Waals surface area contributed by atoms with Gasteiger partial charge >= 0.3 is 6.03 Å². The molecule has 0 unspecified atom stereocenters. The first kappa shape index (κ1) is 18.5. The SMILES string of the molecule is CS(=O)(=O)N1CCCN(C(=O)N[C@H](c2ccccc2)c2ccco2)CC1. The molecule has 0 radical (unpaired) electrons. The lowest BCUT2D eigenvalue weighted by atomic mass is 10.0. The van der Waals surface area contributed by atoms with Gasteiger partial charge in [0.05, 0.1) is 12.5 Å². The molecule has 140 valence electrons. The normalized spacial score (nSPS) is 17.5. The maximum atomic E-state index is 12.8. The van der Waals surface area contributed by atoms with Crippen LogP contribution in [0.1, 0.15) is 23.8 Å². The first-order chi connectivity index (χ1) is 12.4. The van der Waals surface area contributed by atoms with E-state index in [1.54, 1.807) is 17.2 Å². The fourth-order valence-corrected chi connectivity index (χ4v) is 3.94. The zero-order valence-electron chi connectivity index (χ0n) is 14.7. The van der Waals surface area contributed by atoms with E-state index in [4.69, 9.17) is 4.42 Å². The molecule has 0 saturated carbocycles. The average Bonchev–Trinajstić information content (AvgIpc) is 3.02. The van der Waals surface area contributed by atoms with E-state index in [9.17, 15) is 13.2 Å². The van der Waals surface area contributed by atoms with E-state index < -0.39 is 16.1 Å². The molecule has 1 fully saturated rings. The average molecular weight is 377 g/mol. The predicted molar refractivity (Wildman–Crippen MR) is 98.1 cm³/mol. The highest BCUT2D eigenvalue weighted by molar-refractivity contribution is 7.88. The fraction of sp³-hybridized carbons (Fsp3) is 0.389. The summed E-state index contributed by atoms with van der Waals surface area (Å²) < 4.78 is 30.4. The van der Waals surface area contributed by atoms with Gasteiger partial charge in [0.1, 0.15) is 11.8 Å². The van der Waals surface area contributed by atoms with E-state index >= 15 is 0 Å². The van der Waals surface area contributed by atoms with Crippen molar-refractivity contribution in [2.45, 2.75) is 12.5 Å². The summed E-state index contributed by atoms with van der Waals surface area (Å²) in [5.74, 6) is 0.650. The molecule has 8 heteroatoms. The fourth-order valence-electron chi connectivity index (χ4n) is 3.06. The van der Waals surface area contributed by atoms with E-state index in [2.05, 4.69) is 5.32 Å². The molecule has 0 spiro atoms. The van der Waals surface area contributed by atoms with E-state index in [0.717, 1.165) is 5.56 Å². The lowest BCUT2D eigenvalue weighted by molar-refractivity contribution is 0.196. The summed E-state index contributed by atoms with van der Waals surface area (Å²) in [5, 5.41) is 3.01. The van der Waals surface area contributed by atoms with Crippen LogP contribution in [0.3, 0.4) is 0 Å². The second-order valence-electron chi connectivity index (χ2n) is 6.31. The Balaban J connectivity index is 1.72. The molecule has 1 N–H and O–H groups in total. The van der Waals surface area contributed by atoms with Crippen molar-refractivity contribution in [3.05, 3.63) is 60.1 Å². The molecule has 7 nitrogen and oxygen atoms in total. The maximum Gasteiger partial charge on any atom is 0.318 e. The Hall–Kier alpha value is -2.32. The number of nitrogens with zero attached hydrogens (tertiary/aromatic N) is 2.